The summed E-state index contributed by atoms with van der Waals surface area (Å²) in [6.07, 6.45) is 0. The van der Waals surface area contributed by atoms with Crippen molar-refractivity contribution in [1.82, 2.24) is 15.5 Å². The van der Waals surface area contributed by atoms with Crippen LogP contribution in [0.4, 0.5) is 0 Å². The van der Waals surface area contributed by atoms with Gasteiger partial charge in [0.05, 0.1) is 0 Å². The number of carbonyl (C=O) groups excluding carboxylic acids is 2. The topological polar surface area (TPSA) is 61.4 Å². The Morgan fingerprint density at radius 3 is 2.39 bits per heavy atom. The average molecular weight is 337 g/mol. The molecule has 2 N–H and O–H groups in total. The summed E-state index contributed by atoms with van der Waals surface area (Å²) < 4.78 is 0. The molecule has 0 radical (unpaired) electrons. The van der Waals surface area contributed by atoms with E-state index in [1.165, 1.54) is 6.92 Å². The predicted molar refractivity (Wildman–Crippen MR) is 95.6 cm³/mol. The third-order valence-corrected chi connectivity index (χ3v) is 4.58. The molecule has 0 saturated carbocycles. The van der Waals surface area contributed by atoms with Crippen molar-refractivity contribution >= 4 is 23.6 Å². The molecule has 0 heterocycles. The van der Waals surface area contributed by atoms with E-state index in [-0.39, 0.29) is 11.8 Å². The van der Waals surface area contributed by atoms with E-state index >= 15 is 0 Å². The first-order valence-corrected chi connectivity index (χ1v) is 9.00. The molecule has 0 bridgehead atoms. The zero-order valence-corrected chi connectivity index (χ0v) is 15.0. The molecule has 0 aliphatic rings. The van der Waals surface area contributed by atoms with Crippen molar-refractivity contribution in [1.29, 1.82) is 0 Å². The number of thioether (sulfide) groups is 1. The highest BCUT2D eigenvalue weighted by Gasteiger charge is 2.19. The second-order valence-corrected chi connectivity index (χ2v) is 6.29. The molecule has 0 aromatic heterocycles. The van der Waals surface area contributed by atoms with Gasteiger partial charge in [-0.1, -0.05) is 32.0 Å². The van der Waals surface area contributed by atoms with Crippen LogP contribution in [0.1, 0.15) is 20.8 Å². The number of nitrogens with zero attached hydrogens (tertiary/aromatic N) is 1. The minimum atomic E-state index is -0.519. The van der Waals surface area contributed by atoms with Gasteiger partial charge < -0.3 is 15.5 Å². The van der Waals surface area contributed by atoms with E-state index in [1.807, 2.05) is 30.3 Å². The van der Waals surface area contributed by atoms with Crippen molar-refractivity contribution in [3.8, 4) is 0 Å². The van der Waals surface area contributed by atoms with Crippen molar-refractivity contribution in [2.75, 3.05) is 31.9 Å². The lowest BCUT2D eigenvalue weighted by atomic mass is 10.3. The van der Waals surface area contributed by atoms with E-state index in [2.05, 4.69) is 29.4 Å². The number of rotatable bonds is 10. The first kappa shape index (κ1) is 19.5. The number of hydrogen-bond acceptors (Lipinski definition) is 4. The van der Waals surface area contributed by atoms with Crippen LogP contribution in [0, 0.1) is 0 Å². The Labute approximate surface area is 143 Å². The van der Waals surface area contributed by atoms with Crippen LogP contribution in [0.2, 0.25) is 0 Å². The molecule has 1 aromatic rings. The smallest absolute Gasteiger partial charge is 0.243 e. The SMILES string of the molecule is CCN(CC)CCNC(=O)C(CSc1ccccc1)NC(C)=O. The maximum atomic E-state index is 12.3. The van der Waals surface area contributed by atoms with Crippen molar-refractivity contribution in [2.24, 2.45) is 0 Å². The molecule has 23 heavy (non-hydrogen) atoms. The fraction of sp³-hybridized carbons (Fsp3) is 0.529. The van der Waals surface area contributed by atoms with Gasteiger partial charge in [-0.05, 0) is 25.2 Å². The summed E-state index contributed by atoms with van der Waals surface area (Å²) in [5.41, 5.74) is 0. The third kappa shape index (κ3) is 8.04. The average Bonchev–Trinajstić information content (AvgIpc) is 2.56. The lowest BCUT2D eigenvalue weighted by Crippen LogP contribution is -2.49. The van der Waals surface area contributed by atoms with Gasteiger partial charge in [-0.25, -0.2) is 0 Å². The highest BCUT2D eigenvalue weighted by molar-refractivity contribution is 7.99. The Morgan fingerprint density at radius 2 is 1.83 bits per heavy atom. The van der Waals surface area contributed by atoms with Gasteiger partial charge in [0.25, 0.3) is 0 Å². The van der Waals surface area contributed by atoms with Crippen LogP contribution < -0.4 is 10.6 Å². The number of likely N-dealkylation sites (N-methyl/N-ethyl adjacent to an activating group) is 1. The molecule has 0 spiro atoms. The molecule has 2 amide bonds. The standard InChI is InChI=1S/C17H27N3O2S/c1-4-20(5-2)12-11-18-17(22)16(19-14(3)21)13-23-15-9-7-6-8-10-15/h6-10,16H,4-5,11-13H2,1-3H3,(H,18,22)(H,19,21). The van der Waals surface area contributed by atoms with Crippen LogP contribution in [0.15, 0.2) is 35.2 Å². The third-order valence-electron chi connectivity index (χ3n) is 3.48. The van der Waals surface area contributed by atoms with E-state index in [0.717, 1.165) is 24.5 Å². The van der Waals surface area contributed by atoms with E-state index in [4.69, 9.17) is 0 Å². The number of amides is 2. The summed E-state index contributed by atoms with van der Waals surface area (Å²) in [4.78, 5) is 27.0. The molecule has 1 atom stereocenters. The normalized spacial score (nSPS) is 12.0. The van der Waals surface area contributed by atoms with Gasteiger partial charge in [0.2, 0.25) is 11.8 Å². The lowest BCUT2D eigenvalue weighted by molar-refractivity contribution is -0.127. The fourth-order valence-corrected chi connectivity index (χ4v) is 3.07. The summed E-state index contributed by atoms with van der Waals surface area (Å²) >= 11 is 1.56. The molecule has 128 valence electrons. The van der Waals surface area contributed by atoms with E-state index in [0.29, 0.717) is 12.3 Å². The minimum Gasteiger partial charge on any atom is -0.353 e. The van der Waals surface area contributed by atoms with Gasteiger partial charge in [0.15, 0.2) is 0 Å². The van der Waals surface area contributed by atoms with Crippen molar-refractivity contribution in [3.63, 3.8) is 0 Å². The maximum absolute atomic E-state index is 12.3. The first-order chi connectivity index (χ1) is 11.1. The Hall–Kier alpha value is -1.53. The summed E-state index contributed by atoms with van der Waals surface area (Å²) in [7, 11) is 0. The number of benzene rings is 1. The van der Waals surface area contributed by atoms with Crippen molar-refractivity contribution in [2.45, 2.75) is 31.7 Å². The first-order valence-electron chi connectivity index (χ1n) is 8.01. The molecule has 0 saturated heterocycles. The molecule has 6 heteroatoms. The van der Waals surface area contributed by atoms with Gasteiger partial charge in [0, 0.05) is 30.7 Å². The number of hydrogen-bond donors (Lipinski definition) is 2. The number of carbonyl (C=O) groups is 2. The van der Waals surface area contributed by atoms with E-state index < -0.39 is 6.04 Å². The largest absolute Gasteiger partial charge is 0.353 e. The fourth-order valence-electron chi connectivity index (χ4n) is 2.12. The van der Waals surface area contributed by atoms with Gasteiger partial charge in [-0.15, -0.1) is 11.8 Å². The molecule has 1 unspecified atom stereocenters. The molecule has 5 nitrogen and oxygen atoms in total. The zero-order chi connectivity index (χ0) is 17.1. The monoisotopic (exact) mass is 337 g/mol. The summed E-state index contributed by atoms with van der Waals surface area (Å²) in [5, 5.41) is 5.65. The van der Waals surface area contributed by atoms with Crippen molar-refractivity contribution in [3.05, 3.63) is 30.3 Å². The maximum Gasteiger partial charge on any atom is 0.243 e. The van der Waals surface area contributed by atoms with Crippen LogP contribution in [-0.4, -0.2) is 54.7 Å². The number of nitrogens with one attached hydrogen (secondary N) is 2. The molecular formula is C17H27N3O2S. The Bertz CT molecular complexity index is 478. The Morgan fingerprint density at radius 1 is 1.17 bits per heavy atom. The molecule has 1 rings (SSSR count). The van der Waals surface area contributed by atoms with Crippen LogP contribution >= 0.6 is 11.8 Å². The van der Waals surface area contributed by atoms with Crippen LogP contribution in [0.25, 0.3) is 0 Å². The predicted octanol–water partition coefficient (Wildman–Crippen LogP) is 1.74. The van der Waals surface area contributed by atoms with Gasteiger partial charge in [0.1, 0.15) is 6.04 Å². The zero-order valence-electron chi connectivity index (χ0n) is 14.2. The summed E-state index contributed by atoms with van der Waals surface area (Å²) in [6.45, 7) is 8.97. The Kier molecular flexibility index (Phi) is 9.40. The van der Waals surface area contributed by atoms with Gasteiger partial charge in [-0.3, -0.25) is 9.59 Å². The summed E-state index contributed by atoms with van der Waals surface area (Å²) in [5.74, 6) is 0.194. The molecule has 1 aromatic carbocycles. The minimum absolute atomic E-state index is 0.129. The van der Waals surface area contributed by atoms with E-state index in [1.54, 1.807) is 11.8 Å². The molecule has 0 aliphatic carbocycles. The highest BCUT2D eigenvalue weighted by Crippen LogP contribution is 2.17. The highest BCUT2D eigenvalue weighted by atomic mass is 32.2. The van der Waals surface area contributed by atoms with Crippen LogP contribution in [-0.2, 0) is 9.59 Å². The molecule has 0 aliphatic heterocycles. The second-order valence-electron chi connectivity index (χ2n) is 5.20. The lowest BCUT2D eigenvalue weighted by Gasteiger charge is -2.20. The van der Waals surface area contributed by atoms with Crippen LogP contribution in [0.3, 0.4) is 0 Å². The summed E-state index contributed by atoms with van der Waals surface area (Å²) in [6, 6.07) is 9.34. The van der Waals surface area contributed by atoms with E-state index in [9.17, 15) is 9.59 Å². The van der Waals surface area contributed by atoms with Crippen LogP contribution in [0.5, 0.6) is 0 Å². The quantitative estimate of drug-likeness (QED) is 0.639. The molecule has 0 fully saturated rings. The second kappa shape index (κ2) is 11.1. The molecular weight excluding hydrogens is 310 g/mol. The Balaban J connectivity index is 2.48. The van der Waals surface area contributed by atoms with Crippen molar-refractivity contribution < 1.29 is 9.59 Å². The van der Waals surface area contributed by atoms with Gasteiger partial charge >= 0.3 is 0 Å². The van der Waals surface area contributed by atoms with Gasteiger partial charge in [-0.2, -0.15) is 0 Å².